The van der Waals surface area contributed by atoms with Crippen LogP contribution in [0.25, 0.3) is 0 Å². The Kier molecular flexibility index (Phi) is 7.89. The Balaban J connectivity index is 1.61. The van der Waals surface area contributed by atoms with Crippen molar-refractivity contribution in [1.29, 1.82) is 0 Å². The third-order valence-corrected chi connectivity index (χ3v) is 5.59. The lowest BCUT2D eigenvalue weighted by molar-refractivity contribution is -0.136. The first-order chi connectivity index (χ1) is 14.1. The van der Waals surface area contributed by atoms with Crippen LogP contribution in [-0.2, 0) is 14.3 Å². The van der Waals surface area contributed by atoms with Crippen LogP contribution in [0.1, 0.15) is 43.0 Å². The highest BCUT2D eigenvalue weighted by Gasteiger charge is 2.27. The number of para-hydroxylation sites is 1. The molecule has 3 rings (SSSR count). The number of likely N-dealkylation sites (N-methyl/N-ethyl adjacent to an activating group) is 1. The van der Waals surface area contributed by atoms with Gasteiger partial charge >= 0.3 is 0 Å². The molecule has 2 aliphatic rings. The van der Waals surface area contributed by atoms with Crippen LogP contribution < -0.4 is 4.74 Å². The van der Waals surface area contributed by atoms with Crippen LogP contribution in [0.2, 0.25) is 0 Å². The van der Waals surface area contributed by atoms with Gasteiger partial charge in [-0.05, 0) is 31.9 Å². The summed E-state index contributed by atoms with van der Waals surface area (Å²) >= 11 is 0. The number of benzene rings is 1. The van der Waals surface area contributed by atoms with Crippen molar-refractivity contribution in [2.45, 2.75) is 44.8 Å². The van der Waals surface area contributed by atoms with E-state index in [1.807, 2.05) is 36.1 Å². The average molecular weight is 405 g/mol. The van der Waals surface area contributed by atoms with E-state index in [0.29, 0.717) is 37.5 Å². The van der Waals surface area contributed by atoms with Gasteiger partial charge < -0.3 is 24.0 Å². The molecular weight excluding hydrogens is 372 g/mol. The number of nitrogens with zero attached hydrogens (tertiary/aromatic N) is 2. The number of hydrogen-bond acceptors (Lipinski definition) is 5. The second-order valence-electron chi connectivity index (χ2n) is 7.61. The standard InChI is InChI=1S/C22H32N2O5/c1-3-23(15-18-7-6-14-28-18)22(26)19-8-4-5-9-20(19)29-17-10-12-24(13-11-17)21(25)16-27-2/h4-5,8-9,17-18H,3,6-7,10-16H2,1-2H3/t18-/m0/s1. The van der Waals surface area contributed by atoms with Crippen LogP contribution >= 0.6 is 0 Å². The third kappa shape index (κ3) is 5.70. The Hall–Kier alpha value is -2.12. The maximum Gasteiger partial charge on any atom is 0.257 e. The lowest BCUT2D eigenvalue weighted by Crippen LogP contribution is -2.43. The highest BCUT2D eigenvalue weighted by atomic mass is 16.5. The monoisotopic (exact) mass is 404 g/mol. The van der Waals surface area contributed by atoms with Crippen molar-refractivity contribution in [2.24, 2.45) is 0 Å². The molecule has 0 saturated carbocycles. The SMILES string of the molecule is CCN(C[C@@H]1CCCO1)C(=O)c1ccccc1OC1CCN(C(=O)COC)CC1. The summed E-state index contributed by atoms with van der Waals surface area (Å²) in [6.07, 6.45) is 3.66. The third-order valence-electron chi connectivity index (χ3n) is 5.59. The molecule has 0 spiro atoms. The summed E-state index contributed by atoms with van der Waals surface area (Å²) in [6.45, 7) is 5.41. The summed E-state index contributed by atoms with van der Waals surface area (Å²) in [7, 11) is 1.53. The first-order valence-corrected chi connectivity index (χ1v) is 10.6. The van der Waals surface area contributed by atoms with E-state index >= 15 is 0 Å². The molecule has 2 fully saturated rings. The maximum atomic E-state index is 13.2. The Morgan fingerprint density at radius 3 is 2.62 bits per heavy atom. The molecule has 160 valence electrons. The van der Waals surface area contributed by atoms with Crippen molar-refractivity contribution in [2.75, 3.05) is 46.5 Å². The smallest absolute Gasteiger partial charge is 0.257 e. The maximum absolute atomic E-state index is 13.2. The largest absolute Gasteiger partial charge is 0.489 e. The van der Waals surface area contributed by atoms with E-state index in [9.17, 15) is 9.59 Å². The minimum atomic E-state index is -0.0219. The average Bonchev–Trinajstić information content (AvgIpc) is 3.26. The van der Waals surface area contributed by atoms with Crippen LogP contribution in [0, 0.1) is 0 Å². The Bertz CT molecular complexity index is 682. The van der Waals surface area contributed by atoms with Gasteiger partial charge in [0.1, 0.15) is 18.5 Å². The predicted octanol–water partition coefficient (Wildman–Crippen LogP) is 2.34. The topological polar surface area (TPSA) is 68.3 Å². The zero-order valence-electron chi connectivity index (χ0n) is 17.5. The number of carbonyl (C=O) groups is 2. The molecule has 7 nitrogen and oxygen atoms in total. The van der Waals surface area contributed by atoms with E-state index in [1.165, 1.54) is 7.11 Å². The number of hydrogen-bond donors (Lipinski definition) is 0. The first kappa shape index (κ1) is 21.6. The number of ether oxygens (including phenoxy) is 3. The Morgan fingerprint density at radius 2 is 1.97 bits per heavy atom. The molecule has 1 aromatic rings. The molecule has 0 aromatic heterocycles. The van der Waals surface area contributed by atoms with Crippen LogP contribution in [0.3, 0.4) is 0 Å². The van der Waals surface area contributed by atoms with Gasteiger partial charge in [-0.3, -0.25) is 9.59 Å². The fraction of sp³-hybridized carbons (Fsp3) is 0.636. The lowest BCUT2D eigenvalue weighted by Gasteiger charge is -2.32. The number of carbonyl (C=O) groups excluding carboxylic acids is 2. The molecule has 0 radical (unpaired) electrons. The molecule has 2 saturated heterocycles. The second kappa shape index (κ2) is 10.6. The lowest BCUT2D eigenvalue weighted by atomic mass is 10.1. The summed E-state index contributed by atoms with van der Waals surface area (Å²) < 4.78 is 16.8. The highest BCUT2D eigenvalue weighted by Crippen LogP contribution is 2.25. The van der Waals surface area contributed by atoms with E-state index in [0.717, 1.165) is 32.3 Å². The number of likely N-dealkylation sites (tertiary alicyclic amines) is 1. The van der Waals surface area contributed by atoms with Crippen LogP contribution in [0.5, 0.6) is 5.75 Å². The summed E-state index contributed by atoms with van der Waals surface area (Å²) in [5, 5.41) is 0. The predicted molar refractivity (Wildman–Crippen MR) is 109 cm³/mol. The van der Waals surface area contributed by atoms with Gasteiger partial charge in [0, 0.05) is 52.7 Å². The zero-order valence-corrected chi connectivity index (χ0v) is 17.5. The summed E-state index contributed by atoms with van der Waals surface area (Å²) in [6, 6.07) is 7.44. The summed E-state index contributed by atoms with van der Waals surface area (Å²) in [5.74, 6) is 0.602. The van der Waals surface area contributed by atoms with Crippen molar-refractivity contribution < 1.29 is 23.8 Å². The highest BCUT2D eigenvalue weighted by molar-refractivity contribution is 5.97. The van der Waals surface area contributed by atoms with E-state index in [-0.39, 0.29) is 30.6 Å². The zero-order chi connectivity index (χ0) is 20.6. The second-order valence-corrected chi connectivity index (χ2v) is 7.61. The molecule has 0 N–H and O–H groups in total. The van der Waals surface area contributed by atoms with Crippen LogP contribution in [-0.4, -0.2) is 80.3 Å². The van der Waals surface area contributed by atoms with Gasteiger partial charge in [0.2, 0.25) is 5.91 Å². The van der Waals surface area contributed by atoms with Crippen LogP contribution in [0.15, 0.2) is 24.3 Å². The molecule has 0 bridgehead atoms. The minimum absolute atomic E-state index is 0.00856. The summed E-state index contributed by atoms with van der Waals surface area (Å²) in [5.41, 5.74) is 0.588. The molecule has 2 aliphatic heterocycles. The Labute approximate surface area is 172 Å². The van der Waals surface area contributed by atoms with Gasteiger partial charge in [0.25, 0.3) is 5.91 Å². The number of methoxy groups -OCH3 is 1. The first-order valence-electron chi connectivity index (χ1n) is 10.6. The molecule has 2 heterocycles. The van der Waals surface area contributed by atoms with E-state index < -0.39 is 0 Å². The molecule has 2 amide bonds. The minimum Gasteiger partial charge on any atom is -0.489 e. The van der Waals surface area contributed by atoms with E-state index in [4.69, 9.17) is 14.2 Å². The van der Waals surface area contributed by atoms with Crippen molar-refractivity contribution in [3.8, 4) is 5.75 Å². The normalized spacial score (nSPS) is 19.9. The van der Waals surface area contributed by atoms with Gasteiger partial charge in [-0.25, -0.2) is 0 Å². The van der Waals surface area contributed by atoms with E-state index in [1.54, 1.807) is 4.90 Å². The molecule has 29 heavy (non-hydrogen) atoms. The quantitative estimate of drug-likeness (QED) is 0.665. The van der Waals surface area contributed by atoms with Crippen molar-refractivity contribution >= 4 is 11.8 Å². The summed E-state index contributed by atoms with van der Waals surface area (Å²) in [4.78, 5) is 28.8. The molecule has 0 unspecified atom stereocenters. The number of piperidine rings is 1. The Morgan fingerprint density at radius 1 is 1.21 bits per heavy atom. The molecule has 0 aliphatic carbocycles. The van der Waals surface area contributed by atoms with Gasteiger partial charge in [-0.2, -0.15) is 0 Å². The van der Waals surface area contributed by atoms with Gasteiger partial charge in [-0.15, -0.1) is 0 Å². The van der Waals surface area contributed by atoms with Gasteiger partial charge in [0.05, 0.1) is 11.7 Å². The van der Waals surface area contributed by atoms with E-state index in [2.05, 4.69) is 0 Å². The van der Waals surface area contributed by atoms with Crippen molar-refractivity contribution in [3.05, 3.63) is 29.8 Å². The fourth-order valence-corrected chi connectivity index (χ4v) is 3.92. The number of rotatable bonds is 8. The molecule has 1 aromatic carbocycles. The van der Waals surface area contributed by atoms with Crippen LogP contribution in [0.4, 0.5) is 0 Å². The molecular formula is C22H32N2O5. The molecule has 1 atom stereocenters. The fourth-order valence-electron chi connectivity index (χ4n) is 3.92. The van der Waals surface area contributed by atoms with Gasteiger partial charge in [0.15, 0.2) is 0 Å². The number of amides is 2. The molecule has 7 heteroatoms. The van der Waals surface area contributed by atoms with Crippen molar-refractivity contribution in [3.63, 3.8) is 0 Å². The van der Waals surface area contributed by atoms with Crippen molar-refractivity contribution in [1.82, 2.24) is 9.80 Å². The van der Waals surface area contributed by atoms with Gasteiger partial charge in [-0.1, -0.05) is 12.1 Å².